The van der Waals surface area contributed by atoms with Gasteiger partial charge in [0.05, 0.1) is 6.61 Å². The smallest absolute Gasteiger partial charge is 0.321 e. The zero-order valence-electron chi connectivity index (χ0n) is 9.09. The van der Waals surface area contributed by atoms with Crippen LogP contribution in [-0.4, -0.2) is 36.2 Å². The van der Waals surface area contributed by atoms with Crippen molar-refractivity contribution in [2.45, 2.75) is 51.8 Å². The van der Waals surface area contributed by atoms with Gasteiger partial charge in [-0.25, -0.2) is 0 Å². The second-order valence-corrected chi connectivity index (χ2v) is 4.75. The van der Waals surface area contributed by atoms with Gasteiger partial charge in [-0.1, -0.05) is 0 Å². The molecule has 4 heteroatoms. The molecule has 0 aromatic carbocycles. The minimum absolute atomic E-state index is 0.0483. The van der Waals surface area contributed by atoms with Crippen molar-refractivity contribution < 1.29 is 13.5 Å². The van der Waals surface area contributed by atoms with E-state index in [1.165, 1.54) is 0 Å². The SMILES string of the molecule is CC(C)(C)N1CCC[C@H]1COC(F)F. The van der Waals surface area contributed by atoms with E-state index in [0.717, 1.165) is 19.4 Å². The van der Waals surface area contributed by atoms with E-state index in [-0.39, 0.29) is 18.2 Å². The van der Waals surface area contributed by atoms with E-state index >= 15 is 0 Å². The number of hydrogen-bond acceptors (Lipinski definition) is 2. The molecule has 0 aromatic rings. The molecule has 0 N–H and O–H groups in total. The van der Waals surface area contributed by atoms with Crippen molar-refractivity contribution in [1.29, 1.82) is 0 Å². The average Bonchev–Trinajstić information content (AvgIpc) is 2.46. The summed E-state index contributed by atoms with van der Waals surface area (Å²) in [7, 11) is 0. The van der Waals surface area contributed by atoms with Crippen molar-refractivity contribution in [3.05, 3.63) is 0 Å². The highest BCUT2D eigenvalue weighted by Crippen LogP contribution is 2.26. The van der Waals surface area contributed by atoms with E-state index in [9.17, 15) is 8.78 Å². The molecular weight excluding hydrogens is 188 g/mol. The maximum absolute atomic E-state index is 11.9. The number of nitrogens with zero attached hydrogens (tertiary/aromatic N) is 1. The topological polar surface area (TPSA) is 12.5 Å². The monoisotopic (exact) mass is 207 g/mol. The van der Waals surface area contributed by atoms with Crippen molar-refractivity contribution in [3.8, 4) is 0 Å². The minimum Gasteiger partial charge on any atom is -0.321 e. The summed E-state index contributed by atoms with van der Waals surface area (Å²) in [5.74, 6) is 0. The molecule has 1 aliphatic heterocycles. The Hall–Kier alpha value is -0.220. The summed E-state index contributed by atoms with van der Waals surface area (Å²) in [5, 5.41) is 0. The number of halogens is 2. The van der Waals surface area contributed by atoms with Gasteiger partial charge >= 0.3 is 6.61 Å². The van der Waals surface area contributed by atoms with E-state index < -0.39 is 6.61 Å². The number of ether oxygens (including phenoxy) is 1. The molecule has 0 spiro atoms. The van der Waals surface area contributed by atoms with Gasteiger partial charge in [0.15, 0.2) is 0 Å². The predicted octanol–water partition coefficient (Wildman–Crippen LogP) is 2.49. The van der Waals surface area contributed by atoms with Crippen LogP contribution in [0.3, 0.4) is 0 Å². The molecule has 0 unspecified atom stereocenters. The summed E-state index contributed by atoms with van der Waals surface area (Å²) in [6.07, 6.45) is 2.04. The van der Waals surface area contributed by atoms with Crippen LogP contribution in [0.2, 0.25) is 0 Å². The molecule has 0 aromatic heterocycles. The summed E-state index contributed by atoms with van der Waals surface area (Å²) in [6, 6.07) is 0.156. The highest BCUT2D eigenvalue weighted by Gasteiger charge is 2.33. The molecule has 0 radical (unpaired) electrons. The van der Waals surface area contributed by atoms with Gasteiger partial charge in [-0.15, -0.1) is 0 Å². The first-order valence-corrected chi connectivity index (χ1v) is 5.08. The van der Waals surface area contributed by atoms with E-state index in [1.807, 2.05) is 0 Å². The van der Waals surface area contributed by atoms with Gasteiger partial charge < -0.3 is 4.74 Å². The zero-order chi connectivity index (χ0) is 10.8. The van der Waals surface area contributed by atoms with Crippen LogP contribution in [0.25, 0.3) is 0 Å². The van der Waals surface area contributed by atoms with Gasteiger partial charge in [-0.3, -0.25) is 4.90 Å². The van der Waals surface area contributed by atoms with Gasteiger partial charge in [0, 0.05) is 11.6 Å². The van der Waals surface area contributed by atoms with Crippen molar-refractivity contribution in [2.24, 2.45) is 0 Å². The Morgan fingerprint density at radius 3 is 2.57 bits per heavy atom. The molecule has 1 atom stereocenters. The molecule has 0 aliphatic carbocycles. The summed E-state index contributed by atoms with van der Waals surface area (Å²) >= 11 is 0. The largest absolute Gasteiger partial charge is 0.345 e. The van der Waals surface area contributed by atoms with Gasteiger partial charge in [-0.05, 0) is 40.2 Å². The van der Waals surface area contributed by atoms with Crippen LogP contribution in [0.4, 0.5) is 8.78 Å². The van der Waals surface area contributed by atoms with Gasteiger partial charge in [-0.2, -0.15) is 8.78 Å². The maximum Gasteiger partial charge on any atom is 0.345 e. The summed E-state index contributed by atoms with van der Waals surface area (Å²) in [5.41, 5.74) is 0.0483. The molecule has 1 saturated heterocycles. The minimum atomic E-state index is -2.64. The van der Waals surface area contributed by atoms with E-state index in [4.69, 9.17) is 0 Å². The number of likely N-dealkylation sites (tertiary alicyclic amines) is 1. The molecule has 2 nitrogen and oxygen atoms in total. The molecule has 1 rings (SSSR count). The molecule has 84 valence electrons. The highest BCUT2D eigenvalue weighted by molar-refractivity contribution is 4.87. The molecule has 1 fully saturated rings. The Kier molecular flexibility index (Phi) is 3.84. The number of alkyl halides is 2. The first-order chi connectivity index (χ1) is 6.41. The Balaban J connectivity index is 2.43. The van der Waals surface area contributed by atoms with Crippen LogP contribution < -0.4 is 0 Å². The highest BCUT2D eigenvalue weighted by atomic mass is 19.3. The Bertz CT molecular complexity index is 179. The van der Waals surface area contributed by atoms with Crippen LogP contribution in [0.5, 0.6) is 0 Å². The molecule has 0 saturated carbocycles. The summed E-state index contributed by atoms with van der Waals surface area (Å²) < 4.78 is 28.1. The fourth-order valence-electron chi connectivity index (χ4n) is 2.08. The van der Waals surface area contributed by atoms with Crippen LogP contribution >= 0.6 is 0 Å². The molecule has 1 heterocycles. The molecule has 14 heavy (non-hydrogen) atoms. The average molecular weight is 207 g/mol. The number of hydrogen-bond donors (Lipinski definition) is 0. The van der Waals surface area contributed by atoms with Gasteiger partial charge in [0.2, 0.25) is 0 Å². The normalized spacial score (nSPS) is 24.9. The van der Waals surface area contributed by atoms with Gasteiger partial charge in [0.25, 0.3) is 0 Å². The molecular formula is C10H19F2NO. The lowest BCUT2D eigenvalue weighted by molar-refractivity contribution is -0.142. The Morgan fingerprint density at radius 2 is 2.07 bits per heavy atom. The second-order valence-electron chi connectivity index (χ2n) is 4.75. The van der Waals surface area contributed by atoms with Gasteiger partial charge in [0.1, 0.15) is 0 Å². The quantitative estimate of drug-likeness (QED) is 0.705. The van der Waals surface area contributed by atoms with Crippen LogP contribution in [0.1, 0.15) is 33.6 Å². The lowest BCUT2D eigenvalue weighted by Gasteiger charge is -2.36. The second kappa shape index (κ2) is 4.53. The van der Waals surface area contributed by atoms with Crippen LogP contribution in [0, 0.1) is 0 Å². The third-order valence-electron chi connectivity index (χ3n) is 2.65. The van der Waals surface area contributed by atoms with Crippen molar-refractivity contribution in [1.82, 2.24) is 4.90 Å². The predicted molar refractivity (Wildman–Crippen MR) is 51.4 cm³/mol. The van der Waals surface area contributed by atoms with E-state index in [1.54, 1.807) is 0 Å². The summed E-state index contributed by atoms with van der Waals surface area (Å²) in [6.45, 7) is 4.81. The number of rotatable bonds is 3. The molecule has 0 bridgehead atoms. The van der Waals surface area contributed by atoms with Crippen LogP contribution in [-0.2, 0) is 4.74 Å². The van der Waals surface area contributed by atoms with E-state index in [2.05, 4.69) is 30.4 Å². The van der Waals surface area contributed by atoms with Crippen molar-refractivity contribution >= 4 is 0 Å². The maximum atomic E-state index is 11.9. The fraction of sp³-hybridized carbons (Fsp3) is 1.00. The molecule has 0 amide bonds. The molecule has 1 aliphatic rings. The third-order valence-corrected chi connectivity index (χ3v) is 2.65. The zero-order valence-corrected chi connectivity index (χ0v) is 9.09. The third kappa shape index (κ3) is 3.17. The Labute approximate surface area is 84.2 Å². The summed E-state index contributed by atoms with van der Waals surface area (Å²) in [4.78, 5) is 2.25. The lowest BCUT2D eigenvalue weighted by atomic mass is 10.1. The standard InChI is InChI=1S/C10H19F2NO/c1-10(2,3)13-6-4-5-8(13)7-14-9(11)12/h8-9H,4-7H2,1-3H3/t8-/m0/s1. The fourth-order valence-corrected chi connectivity index (χ4v) is 2.08. The van der Waals surface area contributed by atoms with E-state index in [0.29, 0.717) is 0 Å². The Morgan fingerprint density at radius 1 is 1.43 bits per heavy atom. The lowest BCUT2D eigenvalue weighted by Crippen LogP contribution is -2.46. The van der Waals surface area contributed by atoms with Crippen molar-refractivity contribution in [3.63, 3.8) is 0 Å². The van der Waals surface area contributed by atoms with Crippen molar-refractivity contribution in [2.75, 3.05) is 13.2 Å². The van der Waals surface area contributed by atoms with Crippen LogP contribution in [0.15, 0.2) is 0 Å². The first kappa shape index (κ1) is 11.9. The first-order valence-electron chi connectivity index (χ1n) is 5.08.